The van der Waals surface area contributed by atoms with Crippen molar-refractivity contribution in [2.24, 2.45) is 10.2 Å². The third-order valence-electron chi connectivity index (χ3n) is 3.83. The first-order valence-corrected chi connectivity index (χ1v) is 8.21. The SMILES string of the molecule is CCN(CC)Cn1c(O)c(N=NC(=S)NOC)c2cc(C)ccc21. The van der Waals surface area contributed by atoms with Gasteiger partial charge in [0.25, 0.3) is 0 Å². The molecule has 1 aromatic carbocycles. The topological polar surface area (TPSA) is 74.4 Å². The molecule has 0 saturated carbocycles. The van der Waals surface area contributed by atoms with Gasteiger partial charge >= 0.3 is 0 Å². The molecule has 0 atom stereocenters. The molecule has 1 aromatic heterocycles. The summed E-state index contributed by atoms with van der Waals surface area (Å²) in [6.07, 6.45) is 0. The summed E-state index contributed by atoms with van der Waals surface area (Å²) < 4.78 is 1.84. The molecule has 0 aliphatic carbocycles. The Bertz CT molecular complexity index is 752. The maximum Gasteiger partial charge on any atom is 0.237 e. The normalized spacial score (nSPS) is 11.7. The van der Waals surface area contributed by atoms with E-state index in [4.69, 9.17) is 17.1 Å². The van der Waals surface area contributed by atoms with Crippen molar-refractivity contribution in [2.45, 2.75) is 27.4 Å². The van der Waals surface area contributed by atoms with Gasteiger partial charge in [0.2, 0.25) is 11.0 Å². The van der Waals surface area contributed by atoms with Crippen LogP contribution in [0, 0.1) is 6.92 Å². The predicted octanol–water partition coefficient (Wildman–Crippen LogP) is 3.47. The van der Waals surface area contributed by atoms with Crippen LogP contribution in [0.4, 0.5) is 5.69 Å². The number of aromatic nitrogens is 1. The Labute approximate surface area is 146 Å². The van der Waals surface area contributed by atoms with Crippen LogP contribution >= 0.6 is 12.2 Å². The Kier molecular flexibility index (Phi) is 6.24. The highest BCUT2D eigenvalue weighted by Gasteiger charge is 2.18. The number of aryl methyl sites for hydroxylation is 1. The van der Waals surface area contributed by atoms with Crippen LogP contribution in [-0.2, 0) is 11.5 Å². The molecule has 0 amide bonds. The van der Waals surface area contributed by atoms with Crippen molar-refractivity contribution in [3.63, 3.8) is 0 Å². The zero-order chi connectivity index (χ0) is 17.7. The van der Waals surface area contributed by atoms with Gasteiger partial charge in [0, 0.05) is 5.39 Å². The highest BCUT2D eigenvalue weighted by molar-refractivity contribution is 7.80. The molecule has 130 valence electrons. The second kappa shape index (κ2) is 8.18. The number of aromatic hydroxyl groups is 1. The predicted molar refractivity (Wildman–Crippen MR) is 98.5 cm³/mol. The number of benzene rings is 1. The van der Waals surface area contributed by atoms with Crippen molar-refractivity contribution in [1.29, 1.82) is 0 Å². The number of fused-ring (bicyclic) bond motifs is 1. The Morgan fingerprint density at radius 3 is 2.71 bits per heavy atom. The van der Waals surface area contributed by atoms with Crippen LogP contribution in [0.2, 0.25) is 0 Å². The third kappa shape index (κ3) is 3.89. The Morgan fingerprint density at radius 1 is 1.38 bits per heavy atom. The van der Waals surface area contributed by atoms with Crippen molar-refractivity contribution in [3.8, 4) is 5.88 Å². The monoisotopic (exact) mass is 349 g/mol. The minimum absolute atomic E-state index is 0.0754. The number of hydrogen-bond donors (Lipinski definition) is 2. The van der Waals surface area contributed by atoms with Gasteiger partial charge in [-0.25, -0.2) is 5.48 Å². The summed E-state index contributed by atoms with van der Waals surface area (Å²) in [7, 11) is 1.44. The molecule has 0 bridgehead atoms. The van der Waals surface area contributed by atoms with Gasteiger partial charge in [-0.2, -0.15) is 0 Å². The molecule has 2 rings (SSSR count). The van der Waals surface area contributed by atoms with E-state index >= 15 is 0 Å². The van der Waals surface area contributed by atoms with Gasteiger partial charge in [-0.05, 0) is 44.4 Å². The van der Waals surface area contributed by atoms with Crippen LogP contribution < -0.4 is 5.48 Å². The zero-order valence-electron chi connectivity index (χ0n) is 14.4. The summed E-state index contributed by atoms with van der Waals surface area (Å²) >= 11 is 4.97. The van der Waals surface area contributed by atoms with Crippen LogP contribution in [0.3, 0.4) is 0 Å². The van der Waals surface area contributed by atoms with Gasteiger partial charge in [0.1, 0.15) is 0 Å². The summed E-state index contributed by atoms with van der Waals surface area (Å²) in [5.74, 6) is 0.0754. The number of rotatable bonds is 6. The molecule has 8 heteroatoms. The fourth-order valence-electron chi connectivity index (χ4n) is 2.51. The second-order valence-corrected chi connectivity index (χ2v) is 5.76. The van der Waals surface area contributed by atoms with Crippen LogP contribution in [0.1, 0.15) is 19.4 Å². The van der Waals surface area contributed by atoms with Crippen LogP contribution in [-0.4, -0.2) is 39.9 Å². The molecule has 2 N–H and O–H groups in total. The van der Waals surface area contributed by atoms with Gasteiger partial charge in [-0.1, -0.05) is 25.5 Å². The number of hydrogen-bond acceptors (Lipinski definition) is 5. The first-order valence-electron chi connectivity index (χ1n) is 7.80. The third-order valence-corrected chi connectivity index (χ3v) is 4.00. The van der Waals surface area contributed by atoms with E-state index in [9.17, 15) is 5.11 Å². The standard InChI is InChI=1S/C16H23N5O2S/c1-5-20(6-2)10-21-13-8-7-11(3)9-12(13)14(15(21)22)17-18-16(24)19-23-4/h7-9,22H,5-6,10H2,1-4H3,(H,19,24). The summed E-state index contributed by atoms with van der Waals surface area (Å²) in [5.41, 5.74) is 4.82. The molecule has 0 spiro atoms. The Morgan fingerprint density at radius 2 is 2.08 bits per heavy atom. The molecule has 0 unspecified atom stereocenters. The fourth-order valence-corrected chi connectivity index (χ4v) is 2.63. The van der Waals surface area contributed by atoms with Gasteiger partial charge in [-0.15, -0.1) is 10.2 Å². The lowest BCUT2D eigenvalue weighted by Gasteiger charge is -2.20. The van der Waals surface area contributed by atoms with Gasteiger partial charge < -0.3 is 5.11 Å². The number of nitrogens with zero attached hydrogens (tertiary/aromatic N) is 4. The average molecular weight is 349 g/mol. The molecule has 7 nitrogen and oxygen atoms in total. The molecule has 0 aliphatic heterocycles. The summed E-state index contributed by atoms with van der Waals surface area (Å²) in [4.78, 5) is 6.90. The molecule has 0 saturated heterocycles. The first-order chi connectivity index (χ1) is 11.5. The lowest BCUT2D eigenvalue weighted by Crippen LogP contribution is -2.25. The Hall–Kier alpha value is -2.03. The zero-order valence-corrected chi connectivity index (χ0v) is 15.2. The van der Waals surface area contributed by atoms with Crippen LogP contribution in [0.25, 0.3) is 10.9 Å². The number of azo groups is 1. The van der Waals surface area contributed by atoms with Crippen molar-refractivity contribution < 1.29 is 9.94 Å². The molecule has 0 aliphatic rings. The highest BCUT2D eigenvalue weighted by Crippen LogP contribution is 2.39. The van der Waals surface area contributed by atoms with Gasteiger partial charge in [0.05, 0.1) is 19.3 Å². The second-order valence-electron chi connectivity index (χ2n) is 5.38. The molecule has 1 heterocycles. The lowest BCUT2D eigenvalue weighted by molar-refractivity contribution is 0.145. The van der Waals surface area contributed by atoms with Gasteiger partial charge in [0.15, 0.2) is 5.69 Å². The smallest absolute Gasteiger partial charge is 0.237 e. The summed E-state index contributed by atoms with van der Waals surface area (Å²) in [6, 6.07) is 5.98. The summed E-state index contributed by atoms with van der Waals surface area (Å²) in [5, 5.41) is 19.6. The van der Waals surface area contributed by atoms with E-state index in [1.807, 2.05) is 29.7 Å². The molecular formula is C16H23N5O2S. The number of thiocarbonyl (C=S) groups is 1. The lowest BCUT2D eigenvalue weighted by atomic mass is 10.1. The van der Waals surface area contributed by atoms with E-state index in [0.717, 1.165) is 29.6 Å². The minimum Gasteiger partial charge on any atom is -0.493 e. The van der Waals surface area contributed by atoms with E-state index in [1.54, 1.807) is 0 Å². The maximum absolute atomic E-state index is 10.7. The Balaban J connectivity index is 2.51. The summed E-state index contributed by atoms with van der Waals surface area (Å²) in [6.45, 7) is 8.53. The van der Waals surface area contributed by atoms with Crippen LogP contribution in [0.15, 0.2) is 28.4 Å². The van der Waals surface area contributed by atoms with Gasteiger partial charge in [-0.3, -0.25) is 14.3 Å². The largest absolute Gasteiger partial charge is 0.493 e. The number of nitrogens with one attached hydrogen (secondary N) is 1. The van der Waals surface area contributed by atoms with E-state index in [-0.39, 0.29) is 11.0 Å². The quantitative estimate of drug-likeness (QED) is 0.474. The first kappa shape index (κ1) is 18.3. The number of hydroxylamine groups is 1. The molecule has 0 fully saturated rings. The molecule has 2 aromatic rings. The van der Waals surface area contributed by atoms with E-state index < -0.39 is 0 Å². The fraction of sp³-hybridized carbons (Fsp3) is 0.438. The highest BCUT2D eigenvalue weighted by atomic mass is 32.1. The van der Waals surface area contributed by atoms with Crippen molar-refractivity contribution in [2.75, 3.05) is 20.2 Å². The van der Waals surface area contributed by atoms with Crippen molar-refractivity contribution >= 4 is 33.9 Å². The maximum atomic E-state index is 10.7. The molecule has 0 radical (unpaired) electrons. The van der Waals surface area contributed by atoms with Crippen molar-refractivity contribution in [1.82, 2.24) is 14.9 Å². The minimum atomic E-state index is 0.0754. The molecular weight excluding hydrogens is 326 g/mol. The van der Waals surface area contributed by atoms with Crippen molar-refractivity contribution in [3.05, 3.63) is 23.8 Å². The van der Waals surface area contributed by atoms with E-state index in [2.05, 4.69) is 34.5 Å². The van der Waals surface area contributed by atoms with E-state index in [0.29, 0.717) is 12.4 Å². The molecule has 24 heavy (non-hydrogen) atoms. The van der Waals surface area contributed by atoms with Crippen LogP contribution in [0.5, 0.6) is 5.88 Å². The average Bonchev–Trinajstić information content (AvgIpc) is 2.81. The van der Waals surface area contributed by atoms with E-state index in [1.165, 1.54) is 7.11 Å².